The first kappa shape index (κ1) is 19.7. The summed E-state index contributed by atoms with van der Waals surface area (Å²) in [5.74, 6) is 0.809. The molecule has 0 radical (unpaired) electrons. The highest BCUT2D eigenvalue weighted by molar-refractivity contribution is 6.00. The maximum atomic E-state index is 13.3. The summed E-state index contributed by atoms with van der Waals surface area (Å²) in [7, 11) is 3.27. The normalized spacial score (nSPS) is 15.6. The average Bonchev–Trinajstić information content (AvgIpc) is 3.13. The van der Waals surface area contributed by atoms with E-state index >= 15 is 0 Å². The monoisotopic (exact) mass is 386 g/mol. The maximum absolute atomic E-state index is 13.3. The minimum absolute atomic E-state index is 0.0122. The number of nitrogen functional groups attached to an aromatic ring is 1. The first-order chi connectivity index (χ1) is 13.4. The third kappa shape index (κ3) is 4.08. The molecule has 2 amide bonds. The van der Waals surface area contributed by atoms with Crippen LogP contribution in [-0.2, 0) is 16.0 Å². The van der Waals surface area contributed by atoms with Crippen LogP contribution in [0.5, 0.6) is 5.75 Å². The molecule has 1 heterocycles. The number of hydrogen-bond donors (Lipinski definition) is 3. The van der Waals surface area contributed by atoms with Crippen molar-refractivity contribution in [2.45, 2.75) is 44.1 Å². The van der Waals surface area contributed by atoms with Crippen molar-refractivity contribution in [3.63, 3.8) is 0 Å². The van der Waals surface area contributed by atoms with Gasteiger partial charge in [-0.25, -0.2) is 0 Å². The second-order valence-electron chi connectivity index (χ2n) is 7.04. The second kappa shape index (κ2) is 8.28. The molecule has 150 valence electrons. The van der Waals surface area contributed by atoms with Gasteiger partial charge in [-0.1, -0.05) is 19.3 Å². The molecule has 28 heavy (non-hydrogen) atoms. The molecule has 4 N–H and O–H groups in total. The van der Waals surface area contributed by atoms with Crippen LogP contribution in [-0.4, -0.2) is 51.6 Å². The van der Waals surface area contributed by atoms with Gasteiger partial charge in [-0.05, 0) is 37.1 Å². The van der Waals surface area contributed by atoms with Crippen LogP contribution in [0.15, 0.2) is 24.3 Å². The van der Waals surface area contributed by atoms with Crippen molar-refractivity contribution in [1.29, 1.82) is 0 Å². The molecule has 0 saturated heterocycles. The first-order valence-corrected chi connectivity index (χ1v) is 9.33. The van der Waals surface area contributed by atoms with Crippen LogP contribution in [0.25, 0.3) is 0 Å². The molecular weight excluding hydrogens is 360 g/mol. The molecule has 3 rings (SSSR count). The summed E-state index contributed by atoms with van der Waals surface area (Å²) in [6.07, 6.45) is 4.09. The van der Waals surface area contributed by atoms with E-state index in [-0.39, 0.29) is 24.2 Å². The van der Waals surface area contributed by atoms with Crippen molar-refractivity contribution in [2.75, 3.05) is 25.2 Å². The Labute approximate surface area is 163 Å². The standard InChI is InChI=1S/C19H26N6O3/c1-25(16(26)12-15-22-18(20)24-23-15)19(10-4-3-5-11-19)17(27)21-13-6-8-14(28-2)9-7-13/h6-9H,3-5,10-12H2,1-2H3,(H,21,27)(H3,20,22,23,24). The third-order valence-corrected chi connectivity index (χ3v) is 5.34. The molecule has 0 spiro atoms. The summed E-state index contributed by atoms with van der Waals surface area (Å²) in [6.45, 7) is 0. The number of nitrogens with one attached hydrogen (secondary N) is 2. The molecular formula is C19H26N6O3. The molecule has 1 aliphatic rings. The van der Waals surface area contributed by atoms with E-state index in [1.807, 2.05) is 0 Å². The quantitative estimate of drug-likeness (QED) is 0.694. The van der Waals surface area contributed by atoms with E-state index in [1.165, 1.54) is 0 Å². The van der Waals surface area contributed by atoms with Gasteiger partial charge in [0.1, 0.15) is 17.1 Å². The topological polar surface area (TPSA) is 126 Å². The van der Waals surface area contributed by atoms with E-state index in [0.29, 0.717) is 30.1 Å². The van der Waals surface area contributed by atoms with Gasteiger partial charge in [-0.2, -0.15) is 4.98 Å². The molecule has 1 aromatic heterocycles. The van der Waals surface area contributed by atoms with Gasteiger partial charge in [-0.15, -0.1) is 5.10 Å². The lowest BCUT2D eigenvalue weighted by Crippen LogP contribution is -2.58. The van der Waals surface area contributed by atoms with Crippen LogP contribution in [0.4, 0.5) is 11.6 Å². The second-order valence-corrected chi connectivity index (χ2v) is 7.04. The number of aromatic nitrogens is 3. The van der Waals surface area contributed by atoms with Crippen LogP contribution in [0.1, 0.15) is 37.9 Å². The molecule has 1 aliphatic carbocycles. The predicted molar refractivity (Wildman–Crippen MR) is 105 cm³/mol. The number of methoxy groups -OCH3 is 1. The number of aromatic amines is 1. The summed E-state index contributed by atoms with van der Waals surface area (Å²) in [5.41, 5.74) is 5.28. The van der Waals surface area contributed by atoms with Gasteiger partial charge >= 0.3 is 0 Å². The lowest BCUT2D eigenvalue weighted by Gasteiger charge is -2.43. The fourth-order valence-corrected chi connectivity index (χ4v) is 3.66. The van der Waals surface area contributed by atoms with Crippen molar-refractivity contribution >= 4 is 23.5 Å². The Kier molecular flexibility index (Phi) is 5.81. The lowest BCUT2D eigenvalue weighted by molar-refractivity contribution is -0.145. The zero-order chi connectivity index (χ0) is 20.1. The summed E-state index contributed by atoms with van der Waals surface area (Å²) < 4.78 is 5.15. The Morgan fingerprint density at radius 3 is 2.50 bits per heavy atom. The molecule has 9 heteroatoms. The summed E-state index contributed by atoms with van der Waals surface area (Å²) in [5, 5.41) is 9.35. The van der Waals surface area contributed by atoms with Crippen LogP contribution in [0.3, 0.4) is 0 Å². The number of amides is 2. The van der Waals surface area contributed by atoms with Crippen LogP contribution >= 0.6 is 0 Å². The summed E-state index contributed by atoms with van der Waals surface area (Å²) in [4.78, 5) is 31.7. The van der Waals surface area contributed by atoms with E-state index in [2.05, 4.69) is 20.5 Å². The zero-order valence-electron chi connectivity index (χ0n) is 16.2. The lowest BCUT2D eigenvalue weighted by atomic mass is 9.79. The van der Waals surface area contributed by atoms with Crippen LogP contribution < -0.4 is 15.8 Å². The number of benzene rings is 1. The minimum Gasteiger partial charge on any atom is -0.497 e. The number of carbonyl (C=O) groups is 2. The average molecular weight is 386 g/mol. The van der Waals surface area contributed by atoms with Crippen molar-refractivity contribution in [1.82, 2.24) is 20.1 Å². The van der Waals surface area contributed by atoms with Crippen molar-refractivity contribution in [2.24, 2.45) is 0 Å². The van der Waals surface area contributed by atoms with E-state index in [4.69, 9.17) is 10.5 Å². The Bertz CT molecular complexity index is 826. The Morgan fingerprint density at radius 2 is 1.93 bits per heavy atom. The molecule has 0 unspecified atom stereocenters. The van der Waals surface area contributed by atoms with Crippen molar-refractivity contribution in [3.8, 4) is 5.75 Å². The number of nitrogens with zero attached hydrogens (tertiary/aromatic N) is 3. The van der Waals surface area contributed by atoms with Gasteiger partial charge < -0.3 is 20.7 Å². The first-order valence-electron chi connectivity index (χ1n) is 9.33. The molecule has 1 aromatic carbocycles. The number of H-pyrrole nitrogens is 1. The predicted octanol–water partition coefficient (Wildman–Crippen LogP) is 1.74. The third-order valence-electron chi connectivity index (χ3n) is 5.34. The van der Waals surface area contributed by atoms with Crippen LogP contribution in [0, 0.1) is 0 Å². The number of carbonyl (C=O) groups excluding carboxylic acids is 2. The Balaban J connectivity index is 1.77. The van der Waals surface area contributed by atoms with Crippen molar-refractivity contribution < 1.29 is 14.3 Å². The molecule has 0 aliphatic heterocycles. The number of nitrogens with two attached hydrogens (primary N) is 1. The fraction of sp³-hybridized carbons (Fsp3) is 0.474. The molecule has 0 bridgehead atoms. The molecule has 2 aromatic rings. The highest BCUT2D eigenvalue weighted by Crippen LogP contribution is 2.34. The maximum Gasteiger partial charge on any atom is 0.250 e. The number of hydrogen-bond acceptors (Lipinski definition) is 6. The Morgan fingerprint density at radius 1 is 1.25 bits per heavy atom. The molecule has 9 nitrogen and oxygen atoms in total. The number of ether oxygens (including phenoxy) is 1. The van der Waals surface area contributed by atoms with Crippen LogP contribution in [0.2, 0.25) is 0 Å². The number of rotatable bonds is 6. The van der Waals surface area contributed by atoms with E-state index in [0.717, 1.165) is 19.3 Å². The van der Waals surface area contributed by atoms with Crippen molar-refractivity contribution in [3.05, 3.63) is 30.1 Å². The van der Waals surface area contributed by atoms with Gasteiger partial charge in [0.2, 0.25) is 17.8 Å². The highest BCUT2D eigenvalue weighted by Gasteiger charge is 2.45. The van der Waals surface area contributed by atoms with E-state index in [9.17, 15) is 9.59 Å². The van der Waals surface area contributed by atoms with E-state index < -0.39 is 5.54 Å². The largest absolute Gasteiger partial charge is 0.497 e. The van der Waals surface area contributed by atoms with Gasteiger partial charge in [-0.3, -0.25) is 14.7 Å². The minimum atomic E-state index is -0.888. The smallest absolute Gasteiger partial charge is 0.250 e. The highest BCUT2D eigenvalue weighted by atomic mass is 16.5. The van der Waals surface area contributed by atoms with E-state index in [1.54, 1.807) is 43.3 Å². The zero-order valence-corrected chi connectivity index (χ0v) is 16.2. The summed E-state index contributed by atoms with van der Waals surface area (Å²) >= 11 is 0. The molecule has 1 fully saturated rings. The molecule has 0 atom stereocenters. The van der Waals surface area contributed by atoms with Gasteiger partial charge in [0.25, 0.3) is 0 Å². The number of anilines is 2. The SMILES string of the molecule is COc1ccc(NC(=O)C2(N(C)C(=O)Cc3nc(N)n[nH]3)CCCCC2)cc1. The summed E-state index contributed by atoms with van der Waals surface area (Å²) in [6, 6.07) is 7.14. The number of likely N-dealkylation sites (N-methyl/N-ethyl adjacent to an activating group) is 1. The molecule has 1 saturated carbocycles. The van der Waals surface area contributed by atoms with Gasteiger partial charge in [0.05, 0.1) is 13.5 Å². The van der Waals surface area contributed by atoms with Gasteiger partial charge in [0, 0.05) is 12.7 Å². The van der Waals surface area contributed by atoms with Gasteiger partial charge in [0.15, 0.2) is 0 Å². The Hall–Kier alpha value is -3.10. The fourth-order valence-electron chi connectivity index (χ4n) is 3.66.